The molecule has 2 rings (SSSR count). The van der Waals surface area contributed by atoms with Crippen molar-refractivity contribution in [3.63, 3.8) is 0 Å². The molecular weight excluding hydrogens is 264 g/mol. The number of rotatable bonds is 4. The van der Waals surface area contributed by atoms with E-state index in [9.17, 15) is 4.79 Å². The van der Waals surface area contributed by atoms with Crippen LogP contribution in [0.4, 0.5) is 0 Å². The van der Waals surface area contributed by atoms with Crippen LogP contribution in [0, 0.1) is 23.2 Å². The molecule has 21 heavy (non-hydrogen) atoms. The van der Waals surface area contributed by atoms with Crippen molar-refractivity contribution in [2.75, 3.05) is 6.61 Å². The third-order valence-corrected chi connectivity index (χ3v) is 3.90. The Bertz CT molecular complexity index is 509. The van der Waals surface area contributed by atoms with E-state index in [2.05, 4.69) is 19.2 Å². The molecule has 1 aromatic carbocycles. The third kappa shape index (κ3) is 4.78. The number of ether oxygens (including phenoxy) is 1. The number of carbonyl (C=O) groups is 1. The summed E-state index contributed by atoms with van der Waals surface area (Å²) in [4.78, 5) is 11.9. The Morgan fingerprint density at radius 3 is 2.43 bits per heavy atom. The lowest BCUT2D eigenvalue weighted by Gasteiger charge is -2.31. The molecule has 1 aliphatic rings. The first-order valence-electron chi connectivity index (χ1n) is 7.49. The maximum atomic E-state index is 11.9. The Labute approximate surface area is 126 Å². The van der Waals surface area contributed by atoms with Crippen LogP contribution < -0.4 is 10.1 Å². The summed E-state index contributed by atoms with van der Waals surface area (Å²) in [7, 11) is 0. The number of carbonyl (C=O) groups excluding carboxylic acids is 1. The molecule has 0 spiro atoms. The van der Waals surface area contributed by atoms with Gasteiger partial charge in [-0.05, 0) is 55.4 Å². The van der Waals surface area contributed by atoms with Crippen LogP contribution in [0.3, 0.4) is 0 Å². The lowest BCUT2D eigenvalue weighted by molar-refractivity contribution is -0.124. The highest BCUT2D eigenvalue weighted by molar-refractivity contribution is 5.77. The van der Waals surface area contributed by atoms with Crippen LogP contribution in [-0.2, 0) is 4.79 Å². The molecule has 1 amide bonds. The van der Waals surface area contributed by atoms with Crippen LogP contribution in [0.1, 0.15) is 38.7 Å². The zero-order valence-electron chi connectivity index (χ0n) is 12.6. The van der Waals surface area contributed by atoms with Crippen LogP contribution in [0.25, 0.3) is 0 Å². The topological polar surface area (TPSA) is 62.1 Å². The number of nitrogens with one attached hydrogen (secondary N) is 1. The van der Waals surface area contributed by atoms with Gasteiger partial charge in [-0.2, -0.15) is 5.26 Å². The monoisotopic (exact) mass is 286 g/mol. The van der Waals surface area contributed by atoms with Gasteiger partial charge in [-0.25, -0.2) is 0 Å². The standard InChI is InChI=1S/C17H22N2O2/c1-12-7-13(2)9-15(8-12)19-17(20)11-21-16-5-3-14(10-18)4-6-16/h3-6,12-13,15H,7-9,11H2,1-2H3,(H,19,20). The Morgan fingerprint density at radius 1 is 1.24 bits per heavy atom. The number of hydrogen-bond donors (Lipinski definition) is 1. The minimum absolute atomic E-state index is 0.0190. The summed E-state index contributed by atoms with van der Waals surface area (Å²) in [5.74, 6) is 1.86. The van der Waals surface area contributed by atoms with Gasteiger partial charge in [0.15, 0.2) is 6.61 Å². The van der Waals surface area contributed by atoms with Gasteiger partial charge in [0.1, 0.15) is 5.75 Å². The molecule has 1 aliphatic carbocycles. The van der Waals surface area contributed by atoms with E-state index in [0.29, 0.717) is 23.1 Å². The molecule has 0 saturated heterocycles. The Kier molecular flexibility index (Phi) is 5.21. The number of nitrogens with zero attached hydrogens (tertiary/aromatic N) is 1. The molecule has 1 saturated carbocycles. The average molecular weight is 286 g/mol. The molecule has 4 heteroatoms. The fraction of sp³-hybridized carbons (Fsp3) is 0.529. The van der Waals surface area contributed by atoms with Crippen LogP contribution in [-0.4, -0.2) is 18.6 Å². The molecule has 1 fully saturated rings. The van der Waals surface area contributed by atoms with Crippen LogP contribution in [0.15, 0.2) is 24.3 Å². The van der Waals surface area contributed by atoms with E-state index in [4.69, 9.17) is 10.00 Å². The summed E-state index contributed by atoms with van der Waals surface area (Å²) in [5, 5.41) is 11.8. The Balaban J connectivity index is 1.77. The molecule has 4 nitrogen and oxygen atoms in total. The van der Waals surface area contributed by atoms with Crippen molar-refractivity contribution in [2.24, 2.45) is 11.8 Å². The van der Waals surface area contributed by atoms with Crippen molar-refractivity contribution in [2.45, 2.75) is 39.2 Å². The highest BCUT2D eigenvalue weighted by Gasteiger charge is 2.24. The van der Waals surface area contributed by atoms with E-state index in [1.54, 1.807) is 24.3 Å². The van der Waals surface area contributed by atoms with Gasteiger partial charge in [0.2, 0.25) is 0 Å². The number of hydrogen-bond acceptors (Lipinski definition) is 3. The Hall–Kier alpha value is -2.02. The highest BCUT2D eigenvalue weighted by Crippen LogP contribution is 2.28. The maximum Gasteiger partial charge on any atom is 0.258 e. The van der Waals surface area contributed by atoms with Crippen molar-refractivity contribution >= 4 is 5.91 Å². The van der Waals surface area contributed by atoms with Crippen LogP contribution in [0.2, 0.25) is 0 Å². The van der Waals surface area contributed by atoms with Gasteiger partial charge in [0.05, 0.1) is 11.6 Å². The van der Waals surface area contributed by atoms with E-state index < -0.39 is 0 Å². The summed E-state index contributed by atoms with van der Waals surface area (Å²) >= 11 is 0. The summed E-state index contributed by atoms with van der Waals surface area (Å²) in [6.07, 6.45) is 3.34. The van der Waals surface area contributed by atoms with Crippen LogP contribution >= 0.6 is 0 Å². The van der Waals surface area contributed by atoms with Gasteiger partial charge in [-0.15, -0.1) is 0 Å². The molecular formula is C17H22N2O2. The SMILES string of the molecule is CC1CC(C)CC(NC(=O)COc2ccc(C#N)cc2)C1. The van der Waals surface area contributed by atoms with Crippen molar-refractivity contribution in [1.82, 2.24) is 5.32 Å². The summed E-state index contributed by atoms with van der Waals surface area (Å²) < 4.78 is 5.44. The first-order valence-corrected chi connectivity index (χ1v) is 7.49. The van der Waals surface area contributed by atoms with Gasteiger partial charge in [0.25, 0.3) is 5.91 Å². The second kappa shape index (κ2) is 7.12. The number of benzene rings is 1. The van der Waals surface area contributed by atoms with E-state index in [1.165, 1.54) is 6.42 Å². The summed E-state index contributed by atoms with van der Waals surface area (Å²) in [5.41, 5.74) is 0.581. The Morgan fingerprint density at radius 2 is 1.86 bits per heavy atom. The molecule has 1 N–H and O–H groups in total. The van der Waals surface area contributed by atoms with E-state index in [-0.39, 0.29) is 18.6 Å². The lowest BCUT2D eigenvalue weighted by atomic mass is 9.80. The van der Waals surface area contributed by atoms with Crippen molar-refractivity contribution in [3.05, 3.63) is 29.8 Å². The predicted molar refractivity (Wildman–Crippen MR) is 80.8 cm³/mol. The smallest absolute Gasteiger partial charge is 0.258 e. The van der Waals surface area contributed by atoms with Gasteiger partial charge in [0, 0.05) is 6.04 Å². The molecule has 0 heterocycles. The van der Waals surface area contributed by atoms with E-state index >= 15 is 0 Å². The summed E-state index contributed by atoms with van der Waals surface area (Å²) in [6.45, 7) is 4.50. The second-order valence-corrected chi connectivity index (χ2v) is 6.11. The molecule has 2 unspecified atom stereocenters. The minimum Gasteiger partial charge on any atom is -0.484 e. The first kappa shape index (κ1) is 15.4. The minimum atomic E-state index is -0.0781. The van der Waals surface area contributed by atoms with E-state index in [0.717, 1.165) is 12.8 Å². The molecule has 1 aromatic rings. The van der Waals surface area contributed by atoms with Crippen molar-refractivity contribution < 1.29 is 9.53 Å². The molecule has 112 valence electrons. The molecule has 0 aromatic heterocycles. The predicted octanol–water partition coefficient (Wildman–Crippen LogP) is 2.88. The normalized spacial score (nSPS) is 24.9. The fourth-order valence-electron chi connectivity index (χ4n) is 3.11. The maximum absolute atomic E-state index is 11.9. The lowest BCUT2D eigenvalue weighted by Crippen LogP contribution is -2.42. The van der Waals surface area contributed by atoms with Gasteiger partial charge < -0.3 is 10.1 Å². The third-order valence-electron chi connectivity index (χ3n) is 3.90. The van der Waals surface area contributed by atoms with E-state index in [1.807, 2.05) is 6.07 Å². The fourth-order valence-corrected chi connectivity index (χ4v) is 3.11. The quantitative estimate of drug-likeness (QED) is 0.925. The number of nitriles is 1. The van der Waals surface area contributed by atoms with Gasteiger partial charge in [-0.3, -0.25) is 4.79 Å². The average Bonchev–Trinajstić information content (AvgIpc) is 2.44. The zero-order chi connectivity index (χ0) is 15.2. The molecule has 0 bridgehead atoms. The molecule has 2 atom stereocenters. The van der Waals surface area contributed by atoms with Gasteiger partial charge >= 0.3 is 0 Å². The highest BCUT2D eigenvalue weighted by atomic mass is 16.5. The van der Waals surface area contributed by atoms with Gasteiger partial charge in [-0.1, -0.05) is 13.8 Å². The summed E-state index contributed by atoms with van der Waals surface area (Å²) in [6, 6.07) is 9.08. The van der Waals surface area contributed by atoms with Crippen molar-refractivity contribution in [3.8, 4) is 11.8 Å². The molecule has 0 radical (unpaired) electrons. The zero-order valence-corrected chi connectivity index (χ0v) is 12.6. The first-order chi connectivity index (χ1) is 10.1. The molecule has 0 aliphatic heterocycles. The second-order valence-electron chi connectivity index (χ2n) is 6.11. The van der Waals surface area contributed by atoms with Crippen LogP contribution in [0.5, 0.6) is 5.75 Å². The number of amides is 1. The largest absolute Gasteiger partial charge is 0.484 e. The van der Waals surface area contributed by atoms with Crippen molar-refractivity contribution in [1.29, 1.82) is 5.26 Å².